The van der Waals surface area contributed by atoms with Gasteiger partial charge in [0.2, 0.25) is 11.9 Å². The van der Waals surface area contributed by atoms with Crippen molar-refractivity contribution in [2.75, 3.05) is 49.9 Å². The number of alkyl halides is 3. The van der Waals surface area contributed by atoms with E-state index >= 15 is 0 Å². The normalized spacial score (nSPS) is 18.0. The monoisotopic (exact) mass is 508 g/mol. The van der Waals surface area contributed by atoms with Gasteiger partial charge in [0.1, 0.15) is 11.4 Å². The van der Waals surface area contributed by atoms with Crippen molar-refractivity contribution in [2.45, 2.75) is 64.6 Å². The van der Waals surface area contributed by atoms with Gasteiger partial charge in [-0.05, 0) is 45.6 Å². The highest BCUT2D eigenvalue weighted by molar-refractivity contribution is 5.76. The van der Waals surface area contributed by atoms with Crippen molar-refractivity contribution in [3.63, 3.8) is 0 Å². The number of carbonyl (C=O) groups is 1. The van der Waals surface area contributed by atoms with Crippen molar-refractivity contribution in [1.29, 1.82) is 0 Å². The van der Waals surface area contributed by atoms with Crippen molar-refractivity contribution in [3.8, 4) is 0 Å². The fourth-order valence-corrected chi connectivity index (χ4v) is 4.77. The van der Waals surface area contributed by atoms with Gasteiger partial charge in [-0.15, -0.1) is 0 Å². The average molecular weight is 509 g/mol. The Bertz CT molecular complexity index is 1030. The molecule has 2 N–H and O–H groups in total. The Labute approximate surface area is 209 Å². The van der Waals surface area contributed by atoms with Crippen LogP contribution in [0, 0.1) is 6.92 Å². The van der Waals surface area contributed by atoms with E-state index in [2.05, 4.69) is 37.5 Å². The van der Waals surface area contributed by atoms with E-state index < -0.39 is 11.7 Å². The first-order valence-corrected chi connectivity index (χ1v) is 12.8. The minimum atomic E-state index is -4.59. The number of anilines is 3. The molecule has 1 amide bonds. The highest BCUT2D eigenvalue weighted by atomic mass is 19.4. The number of hydrogen-bond acceptors (Lipinski definition) is 7. The van der Waals surface area contributed by atoms with Crippen LogP contribution in [0.15, 0.2) is 12.4 Å². The number of rotatable bonds is 9. The molecule has 36 heavy (non-hydrogen) atoms. The van der Waals surface area contributed by atoms with Gasteiger partial charge in [0.05, 0.1) is 17.4 Å². The van der Waals surface area contributed by atoms with Gasteiger partial charge in [-0.1, -0.05) is 6.92 Å². The van der Waals surface area contributed by atoms with Crippen LogP contribution in [0.2, 0.25) is 0 Å². The van der Waals surface area contributed by atoms with Crippen LogP contribution in [0.5, 0.6) is 0 Å². The van der Waals surface area contributed by atoms with E-state index in [4.69, 9.17) is 0 Å². The molecule has 2 aliphatic heterocycles. The summed E-state index contributed by atoms with van der Waals surface area (Å²) < 4.78 is 42.7. The summed E-state index contributed by atoms with van der Waals surface area (Å²) in [4.78, 5) is 24.2. The van der Waals surface area contributed by atoms with E-state index in [1.54, 1.807) is 4.90 Å². The van der Waals surface area contributed by atoms with Crippen molar-refractivity contribution < 1.29 is 18.0 Å². The molecule has 0 atom stereocenters. The first-order chi connectivity index (χ1) is 17.2. The third-order valence-corrected chi connectivity index (χ3v) is 6.95. The first kappa shape index (κ1) is 26.2. The highest BCUT2D eigenvalue weighted by Crippen LogP contribution is 2.34. The number of aryl methyl sites for hydroxylation is 1. The fraction of sp³-hybridized carbons (Fsp3) is 0.667. The Hall–Kier alpha value is -2.89. The van der Waals surface area contributed by atoms with Gasteiger partial charge < -0.3 is 20.4 Å². The van der Waals surface area contributed by atoms with Crippen LogP contribution in [0.1, 0.15) is 62.7 Å². The molecule has 12 heteroatoms. The predicted octanol–water partition coefficient (Wildman–Crippen LogP) is 4.22. The molecule has 0 radical (unpaired) electrons. The molecule has 2 aromatic heterocycles. The van der Waals surface area contributed by atoms with Crippen LogP contribution in [0.4, 0.5) is 30.6 Å². The minimum absolute atomic E-state index is 0.0696. The molecular formula is C24H35F3N8O. The summed E-state index contributed by atoms with van der Waals surface area (Å²) in [7, 11) is 0. The van der Waals surface area contributed by atoms with Crippen LogP contribution < -0.4 is 10.6 Å². The van der Waals surface area contributed by atoms with Gasteiger partial charge in [-0.2, -0.15) is 23.3 Å². The van der Waals surface area contributed by atoms with Crippen LogP contribution in [0.25, 0.3) is 0 Å². The van der Waals surface area contributed by atoms with Gasteiger partial charge in [0.25, 0.3) is 0 Å². The second kappa shape index (κ2) is 11.4. The number of aromatic nitrogens is 4. The first-order valence-electron chi connectivity index (χ1n) is 12.8. The maximum Gasteiger partial charge on any atom is 0.421 e. The predicted molar refractivity (Wildman–Crippen MR) is 131 cm³/mol. The molecule has 2 fully saturated rings. The quantitative estimate of drug-likeness (QED) is 0.490. The van der Waals surface area contributed by atoms with Gasteiger partial charge in [-0.25, -0.2) is 4.98 Å². The molecule has 198 valence electrons. The lowest BCUT2D eigenvalue weighted by Crippen LogP contribution is -2.36. The zero-order valence-corrected chi connectivity index (χ0v) is 20.9. The number of piperidine rings is 2. The lowest BCUT2D eigenvalue weighted by molar-refractivity contribution is -0.137. The molecule has 0 spiro atoms. The van der Waals surface area contributed by atoms with E-state index in [9.17, 15) is 18.0 Å². The van der Waals surface area contributed by atoms with Crippen molar-refractivity contribution in [3.05, 3.63) is 23.7 Å². The van der Waals surface area contributed by atoms with Crippen LogP contribution in [-0.2, 0) is 11.0 Å². The van der Waals surface area contributed by atoms with E-state index in [0.29, 0.717) is 37.7 Å². The molecule has 0 aliphatic carbocycles. The Kier molecular flexibility index (Phi) is 8.32. The molecule has 4 rings (SSSR count). The second-order valence-corrected chi connectivity index (χ2v) is 9.47. The lowest BCUT2D eigenvalue weighted by Gasteiger charge is -2.31. The van der Waals surface area contributed by atoms with E-state index in [-0.39, 0.29) is 24.2 Å². The molecule has 0 aromatic carbocycles. The summed E-state index contributed by atoms with van der Waals surface area (Å²) in [6, 6.07) is 0.291. The van der Waals surface area contributed by atoms with Crippen molar-refractivity contribution in [2.24, 2.45) is 0 Å². The molecule has 4 heterocycles. The molecule has 2 saturated heterocycles. The van der Waals surface area contributed by atoms with Crippen molar-refractivity contribution in [1.82, 2.24) is 29.5 Å². The molecular weight excluding hydrogens is 473 g/mol. The number of carbonyl (C=O) groups excluding carboxylic acids is 1. The molecule has 0 unspecified atom stereocenters. The lowest BCUT2D eigenvalue weighted by atomic mass is 10.1. The number of nitrogens with zero attached hydrogens (tertiary/aromatic N) is 6. The van der Waals surface area contributed by atoms with Gasteiger partial charge >= 0.3 is 6.18 Å². The standard InChI is InChI=1S/C24H35F3N8O/c1-3-33-13-8-18(9-14-33)35-16-20(17(2)32-35)30-23-29-15-19(24(25,26)27)22(31-23)28-10-6-12-34-11-5-4-7-21(34)36/h15-16,18H,3-14H2,1-2H3,(H2,28,29,30,31). The summed E-state index contributed by atoms with van der Waals surface area (Å²) in [6.07, 6.45) is 3.03. The summed E-state index contributed by atoms with van der Waals surface area (Å²) in [6.45, 7) is 8.57. The Morgan fingerprint density at radius 2 is 1.94 bits per heavy atom. The zero-order chi connectivity index (χ0) is 25.7. The molecule has 2 aromatic rings. The molecule has 0 bridgehead atoms. The third-order valence-electron chi connectivity index (χ3n) is 6.95. The van der Waals surface area contributed by atoms with Crippen LogP contribution >= 0.6 is 0 Å². The van der Waals surface area contributed by atoms with Gasteiger partial charge in [0, 0.05) is 51.5 Å². The smallest absolute Gasteiger partial charge is 0.369 e. The Balaban J connectivity index is 1.41. The maximum absolute atomic E-state index is 13.6. The SMILES string of the molecule is CCN1CCC(n2cc(Nc3ncc(C(F)(F)F)c(NCCCN4CCCCC4=O)n3)c(C)n2)CC1. The topological polar surface area (TPSA) is 91.2 Å². The van der Waals surface area contributed by atoms with Gasteiger partial charge in [0.15, 0.2) is 0 Å². The molecule has 9 nitrogen and oxygen atoms in total. The second-order valence-electron chi connectivity index (χ2n) is 9.47. The van der Waals surface area contributed by atoms with E-state index in [1.807, 2.05) is 17.8 Å². The summed E-state index contributed by atoms with van der Waals surface area (Å²) in [5, 5.41) is 10.5. The summed E-state index contributed by atoms with van der Waals surface area (Å²) in [5.74, 6) is -0.0975. The fourth-order valence-electron chi connectivity index (χ4n) is 4.77. The van der Waals surface area contributed by atoms with E-state index in [1.165, 1.54) is 0 Å². The molecule has 2 aliphatic rings. The number of amides is 1. The van der Waals surface area contributed by atoms with Gasteiger partial charge in [-0.3, -0.25) is 9.48 Å². The number of nitrogens with one attached hydrogen (secondary N) is 2. The summed E-state index contributed by atoms with van der Waals surface area (Å²) >= 11 is 0. The van der Waals surface area contributed by atoms with Crippen LogP contribution in [-0.4, -0.2) is 74.7 Å². The maximum atomic E-state index is 13.6. The van der Waals surface area contributed by atoms with E-state index in [0.717, 1.165) is 57.2 Å². The largest absolute Gasteiger partial charge is 0.421 e. The number of halogens is 3. The molecule has 0 saturated carbocycles. The Morgan fingerprint density at radius 1 is 1.17 bits per heavy atom. The minimum Gasteiger partial charge on any atom is -0.369 e. The third kappa shape index (κ3) is 6.45. The van der Waals surface area contributed by atoms with Crippen molar-refractivity contribution >= 4 is 23.4 Å². The average Bonchev–Trinajstić information content (AvgIpc) is 3.22. The zero-order valence-electron chi connectivity index (χ0n) is 20.9. The number of hydrogen-bond donors (Lipinski definition) is 2. The number of likely N-dealkylation sites (tertiary alicyclic amines) is 2. The van der Waals surface area contributed by atoms with Crippen LogP contribution in [0.3, 0.4) is 0 Å². The Morgan fingerprint density at radius 3 is 2.64 bits per heavy atom. The summed E-state index contributed by atoms with van der Waals surface area (Å²) in [5.41, 5.74) is 0.483. The highest BCUT2D eigenvalue weighted by Gasteiger charge is 2.35.